The van der Waals surface area contributed by atoms with Crippen LogP contribution in [0.3, 0.4) is 0 Å². The Bertz CT molecular complexity index is 802. The van der Waals surface area contributed by atoms with Crippen LogP contribution in [0.5, 0.6) is 0 Å². The quantitative estimate of drug-likeness (QED) is 0.727. The summed E-state index contributed by atoms with van der Waals surface area (Å²) >= 11 is 0. The minimum Gasteiger partial charge on any atom is -0.379 e. The first-order valence-electron chi connectivity index (χ1n) is 10.6. The number of nitrogens with one attached hydrogen (secondary N) is 1. The molecule has 2 saturated heterocycles. The Kier molecular flexibility index (Phi) is 7.32. The number of hydrogen-bond donors (Lipinski definition) is 1. The maximum Gasteiger partial charge on any atom is 0.251 e. The topological polar surface area (TPSA) is 79.0 Å². The lowest BCUT2D eigenvalue weighted by Gasteiger charge is -2.43. The minimum atomic E-state index is -3.55. The molecule has 2 fully saturated rings. The molecule has 3 rings (SSSR count). The smallest absolute Gasteiger partial charge is 0.251 e. The Labute approximate surface area is 174 Å². The molecule has 8 heteroatoms. The van der Waals surface area contributed by atoms with E-state index in [4.69, 9.17) is 4.74 Å². The Hall–Kier alpha value is -1.48. The number of sulfonamides is 1. The molecule has 29 heavy (non-hydrogen) atoms. The van der Waals surface area contributed by atoms with Crippen LogP contribution in [0, 0.1) is 0 Å². The van der Waals surface area contributed by atoms with Crippen molar-refractivity contribution in [3.8, 4) is 0 Å². The third-order valence-corrected chi connectivity index (χ3v) is 8.11. The second kappa shape index (κ2) is 9.55. The second-order valence-electron chi connectivity index (χ2n) is 8.13. The molecule has 1 aromatic rings. The third kappa shape index (κ3) is 5.17. The Morgan fingerprint density at radius 1 is 1.14 bits per heavy atom. The largest absolute Gasteiger partial charge is 0.379 e. The van der Waals surface area contributed by atoms with E-state index in [9.17, 15) is 13.2 Å². The number of carbonyl (C=O) groups is 1. The fourth-order valence-corrected chi connectivity index (χ4v) is 5.55. The number of rotatable bonds is 7. The highest BCUT2D eigenvalue weighted by Crippen LogP contribution is 2.22. The first-order chi connectivity index (χ1) is 13.9. The summed E-state index contributed by atoms with van der Waals surface area (Å²) < 4.78 is 32.8. The lowest BCUT2D eigenvalue weighted by molar-refractivity contribution is -0.0169. The van der Waals surface area contributed by atoms with E-state index in [1.54, 1.807) is 18.2 Å². The minimum absolute atomic E-state index is 0.156. The summed E-state index contributed by atoms with van der Waals surface area (Å²) in [7, 11) is -3.55. The van der Waals surface area contributed by atoms with Gasteiger partial charge in [-0.25, -0.2) is 8.42 Å². The molecule has 2 heterocycles. The first-order valence-corrected chi connectivity index (χ1v) is 12.0. The molecule has 0 saturated carbocycles. The number of carbonyl (C=O) groups excluding carboxylic acids is 1. The fourth-order valence-electron chi connectivity index (χ4n) is 3.99. The summed E-state index contributed by atoms with van der Waals surface area (Å²) in [6.45, 7) is 8.99. The molecule has 1 N–H and O–H groups in total. The molecule has 0 radical (unpaired) electrons. The summed E-state index contributed by atoms with van der Waals surface area (Å²) in [5, 5.41) is 3.02. The fraction of sp³-hybridized carbons (Fsp3) is 0.667. The van der Waals surface area contributed by atoms with E-state index < -0.39 is 10.0 Å². The van der Waals surface area contributed by atoms with Crippen molar-refractivity contribution < 1.29 is 17.9 Å². The molecule has 1 atom stereocenters. The average molecular weight is 424 g/mol. The lowest BCUT2D eigenvalue weighted by atomic mass is 9.95. The van der Waals surface area contributed by atoms with Crippen LogP contribution in [0.25, 0.3) is 0 Å². The van der Waals surface area contributed by atoms with Crippen molar-refractivity contribution in [2.75, 3.05) is 45.9 Å². The van der Waals surface area contributed by atoms with Crippen LogP contribution in [0.2, 0.25) is 0 Å². The van der Waals surface area contributed by atoms with Gasteiger partial charge in [-0.1, -0.05) is 19.4 Å². The van der Waals surface area contributed by atoms with Crippen molar-refractivity contribution in [3.05, 3.63) is 29.8 Å². The number of hydrogen-bond acceptors (Lipinski definition) is 5. The Balaban J connectivity index is 1.69. The third-order valence-electron chi connectivity index (χ3n) is 6.22. The number of benzene rings is 1. The summed E-state index contributed by atoms with van der Waals surface area (Å²) in [5.41, 5.74) is 0.222. The van der Waals surface area contributed by atoms with Crippen molar-refractivity contribution in [3.63, 3.8) is 0 Å². The first kappa shape index (κ1) is 22.2. The van der Waals surface area contributed by atoms with Crippen LogP contribution in [0.15, 0.2) is 29.2 Å². The van der Waals surface area contributed by atoms with Crippen LogP contribution >= 0.6 is 0 Å². The SMILES string of the molecule is CCC(C)(CNC(=O)c1cccc(S(=O)(=O)N2CCCCC2)c1)N1CCOCC1. The molecule has 0 bridgehead atoms. The van der Waals surface area contributed by atoms with Crippen molar-refractivity contribution in [1.29, 1.82) is 0 Å². The lowest BCUT2D eigenvalue weighted by Crippen LogP contribution is -2.56. The van der Waals surface area contributed by atoms with Gasteiger partial charge >= 0.3 is 0 Å². The van der Waals surface area contributed by atoms with Gasteiger partial charge in [0.1, 0.15) is 0 Å². The highest BCUT2D eigenvalue weighted by atomic mass is 32.2. The van der Waals surface area contributed by atoms with Crippen LogP contribution in [0.1, 0.15) is 49.9 Å². The van der Waals surface area contributed by atoms with Crippen LogP contribution in [-0.2, 0) is 14.8 Å². The second-order valence-corrected chi connectivity index (χ2v) is 10.1. The standard InChI is InChI=1S/C21H33N3O4S/c1-3-21(2,23-12-14-28-15-13-23)17-22-20(25)18-8-7-9-19(16-18)29(26,27)24-10-5-4-6-11-24/h7-9,16H,3-6,10-15,17H2,1-2H3,(H,22,25). The van der Waals surface area contributed by atoms with Gasteiger partial charge in [-0.3, -0.25) is 9.69 Å². The van der Waals surface area contributed by atoms with Crippen molar-refractivity contribution in [2.45, 2.75) is 50.0 Å². The Morgan fingerprint density at radius 3 is 2.48 bits per heavy atom. The number of morpholine rings is 1. The van der Waals surface area contributed by atoms with E-state index in [2.05, 4.69) is 24.1 Å². The molecule has 2 aliphatic rings. The normalized spacial score (nSPS) is 21.4. The van der Waals surface area contributed by atoms with Crippen LogP contribution < -0.4 is 5.32 Å². The summed E-state index contributed by atoms with van der Waals surface area (Å²) in [5.74, 6) is -0.242. The van der Waals surface area contributed by atoms with Gasteiger partial charge in [0.05, 0.1) is 18.1 Å². The molecule has 7 nitrogen and oxygen atoms in total. The number of amides is 1. The van der Waals surface area contributed by atoms with Crippen LogP contribution in [-0.4, -0.2) is 75.0 Å². The summed E-state index contributed by atoms with van der Waals surface area (Å²) in [4.78, 5) is 15.3. The van der Waals surface area contributed by atoms with Gasteiger partial charge in [0.15, 0.2) is 0 Å². The Morgan fingerprint density at radius 2 is 1.83 bits per heavy atom. The van der Waals surface area contributed by atoms with Gasteiger partial charge in [-0.15, -0.1) is 0 Å². The molecule has 0 aliphatic carbocycles. The molecule has 1 amide bonds. The predicted octanol–water partition coefficient (Wildman–Crippen LogP) is 2.09. The molecule has 0 aromatic heterocycles. The predicted molar refractivity (Wildman–Crippen MR) is 112 cm³/mol. The maximum atomic E-state index is 12.9. The molecular formula is C21H33N3O4S. The van der Waals surface area contributed by atoms with Crippen molar-refractivity contribution in [1.82, 2.24) is 14.5 Å². The monoisotopic (exact) mass is 423 g/mol. The highest BCUT2D eigenvalue weighted by Gasteiger charge is 2.32. The molecule has 1 aromatic carbocycles. The molecule has 162 valence electrons. The van der Waals surface area contributed by atoms with Gasteiger partial charge in [-0.2, -0.15) is 4.31 Å². The number of piperidine rings is 1. The summed E-state index contributed by atoms with van der Waals surface area (Å²) in [6, 6.07) is 6.39. The molecule has 0 spiro atoms. The zero-order valence-corrected chi connectivity index (χ0v) is 18.3. The maximum absolute atomic E-state index is 12.9. The van der Waals surface area contributed by atoms with E-state index in [0.29, 0.717) is 38.4 Å². The molecule has 1 unspecified atom stereocenters. The van der Waals surface area contributed by atoms with E-state index in [-0.39, 0.29) is 16.3 Å². The van der Waals surface area contributed by atoms with Crippen LogP contribution in [0.4, 0.5) is 0 Å². The molecule has 2 aliphatic heterocycles. The van der Waals surface area contributed by atoms with E-state index in [1.165, 1.54) is 10.4 Å². The van der Waals surface area contributed by atoms with E-state index in [1.807, 2.05) is 0 Å². The van der Waals surface area contributed by atoms with Gasteiger partial charge < -0.3 is 10.1 Å². The summed E-state index contributed by atoms with van der Waals surface area (Å²) in [6.07, 6.45) is 3.73. The zero-order chi connectivity index (χ0) is 20.9. The highest BCUT2D eigenvalue weighted by molar-refractivity contribution is 7.89. The average Bonchev–Trinajstić information content (AvgIpc) is 2.78. The molecular weight excluding hydrogens is 390 g/mol. The van der Waals surface area contributed by atoms with Gasteiger partial charge in [0.25, 0.3) is 5.91 Å². The number of ether oxygens (including phenoxy) is 1. The number of nitrogens with zero attached hydrogens (tertiary/aromatic N) is 2. The van der Waals surface area contributed by atoms with Crippen molar-refractivity contribution in [2.24, 2.45) is 0 Å². The van der Waals surface area contributed by atoms with Gasteiger partial charge in [0, 0.05) is 43.8 Å². The van der Waals surface area contributed by atoms with E-state index in [0.717, 1.165) is 38.8 Å². The van der Waals surface area contributed by atoms with Gasteiger partial charge in [0.2, 0.25) is 10.0 Å². The van der Waals surface area contributed by atoms with Gasteiger partial charge in [-0.05, 0) is 44.4 Å². The zero-order valence-electron chi connectivity index (χ0n) is 17.5. The van der Waals surface area contributed by atoms with E-state index >= 15 is 0 Å². The van der Waals surface area contributed by atoms with Crippen molar-refractivity contribution >= 4 is 15.9 Å².